The molecule has 1 rings (SSSR count). The monoisotopic (exact) mass is 253 g/mol. The summed E-state index contributed by atoms with van der Waals surface area (Å²) in [5.41, 5.74) is 0. The number of methoxy groups -OCH3 is 1. The van der Waals surface area contributed by atoms with Crippen molar-refractivity contribution in [2.45, 2.75) is 17.1 Å². The van der Waals surface area contributed by atoms with Crippen molar-refractivity contribution >= 4 is 23.6 Å². The van der Waals surface area contributed by atoms with E-state index in [9.17, 15) is 9.59 Å². The van der Waals surface area contributed by atoms with Gasteiger partial charge in [-0.25, -0.2) is 0 Å². The molecule has 1 N–H and O–H groups in total. The van der Waals surface area contributed by atoms with Crippen LogP contribution < -0.4 is 5.32 Å². The van der Waals surface area contributed by atoms with Crippen molar-refractivity contribution in [3.05, 3.63) is 30.3 Å². The Morgan fingerprint density at radius 1 is 1.35 bits per heavy atom. The van der Waals surface area contributed by atoms with E-state index in [1.54, 1.807) is 6.92 Å². The van der Waals surface area contributed by atoms with E-state index in [0.717, 1.165) is 4.90 Å². The Morgan fingerprint density at radius 3 is 2.59 bits per heavy atom. The van der Waals surface area contributed by atoms with Crippen molar-refractivity contribution in [1.82, 2.24) is 5.32 Å². The molecular formula is C12H15NO3S. The van der Waals surface area contributed by atoms with Crippen LogP contribution in [0.15, 0.2) is 35.2 Å². The summed E-state index contributed by atoms with van der Waals surface area (Å²) in [6, 6.07) is 9.64. The van der Waals surface area contributed by atoms with Gasteiger partial charge in [-0.2, -0.15) is 0 Å². The molecule has 0 aliphatic rings. The molecule has 1 amide bonds. The molecule has 0 saturated carbocycles. The van der Waals surface area contributed by atoms with Crippen LogP contribution in [-0.4, -0.2) is 30.8 Å². The second-order valence-electron chi connectivity index (χ2n) is 3.37. The maximum atomic E-state index is 11.6. The van der Waals surface area contributed by atoms with Crippen LogP contribution >= 0.6 is 11.8 Å². The van der Waals surface area contributed by atoms with Crippen LogP contribution in [0.25, 0.3) is 0 Å². The maximum absolute atomic E-state index is 11.6. The van der Waals surface area contributed by atoms with Crippen LogP contribution in [0.4, 0.5) is 0 Å². The molecular weight excluding hydrogens is 238 g/mol. The van der Waals surface area contributed by atoms with E-state index in [0.29, 0.717) is 0 Å². The molecule has 1 atom stereocenters. The third-order valence-corrected chi connectivity index (χ3v) is 3.17. The number of ether oxygens (including phenoxy) is 1. The number of thioether (sulfide) groups is 1. The van der Waals surface area contributed by atoms with Crippen LogP contribution in [0, 0.1) is 0 Å². The number of benzene rings is 1. The number of amides is 1. The second-order valence-corrected chi connectivity index (χ2v) is 4.78. The zero-order valence-corrected chi connectivity index (χ0v) is 10.6. The van der Waals surface area contributed by atoms with Crippen LogP contribution in [0.3, 0.4) is 0 Å². The van der Waals surface area contributed by atoms with Crippen LogP contribution in [0.5, 0.6) is 0 Å². The second kappa shape index (κ2) is 6.96. The summed E-state index contributed by atoms with van der Waals surface area (Å²) in [5.74, 6) is -0.625. The van der Waals surface area contributed by atoms with Gasteiger partial charge >= 0.3 is 5.97 Å². The summed E-state index contributed by atoms with van der Waals surface area (Å²) in [6.45, 7) is 1.71. The summed E-state index contributed by atoms with van der Waals surface area (Å²) in [7, 11) is 1.29. The number of hydrogen-bond acceptors (Lipinski definition) is 4. The quantitative estimate of drug-likeness (QED) is 0.637. The van der Waals surface area contributed by atoms with Gasteiger partial charge in [0.25, 0.3) is 0 Å². The van der Waals surface area contributed by atoms with Gasteiger partial charge in [-0.1, -0.05) is 18.2 Å². The number of carbonyl (C=O) groups excluding carboxylic acids is 2. The van der Waals surface area contributed by atoms with Gasteiger partial charge in [-0.15, -0.1) is 11.8 Å². The number of carbonyl (C=O) groups is 2. The molecule has 0 radical (unpaired) electrons. The van der Waals surface area contributed by atoms with Crippen molar-refractivity contribution in [3.63, 3.8) is 0 Å². The lowest BCUT2D eigenvalue weighted by Crippen LogP contribution is -2.35. The third-order valence-electron chi connectivity index (χ3n) is 2.06. The fraction of sp³-hybridized carbons (Fsp3) is 0.333. The van der Waals surface area contributed by atoms with E-state index in [1.807, 2.05) is 30.3 Å². The Morgan fingerprint density at radius 2 is 2.00 bits per heavy atom. The predicted octanol–water partition coefficient (Wildman–Crippen LogP) is 1.46. The van der Waals surface area contributed by atoms with Gasteiger partial charge in [0.1, 0.15) is 6.54 Å². The SMILES string of the molecule is COC(=O)CNC(=O)C(C)Sc1ccccc1. The minimum Gasteiger partial charge on any atom is -0.468 e. The molecule has 0 fully saturated rings. The van der Waals surface area contributed by atoms with Crippen LogP contribution in [-0.2, 0) is 14.3 Å². The van der Waals surface area contributed by atoms with Crippen molar-refractivity contribution in [1.29, 1.82) is 0 Å². The smallest absolute Gasteiger partial charge is 0.325 e. The number of nitrogens with one attached hydrogen (secondary N) is 1. The molecule has 92 valence electrons. The lowest BCUT2D eigenvalue weighted by atomic mass is 10.4. The summed E-state index contributed by atoms with van der Waals surface area (Å²) < 4.78 is 4.44. The van der Waals surface area contributed by atoms with E-state index >= 15 is 0 Å². The molecule has 0 bridgehead atoms. The minimum absolute atomic E-state index is 0.0883. The summed E-state index contributed by atoms with van der Waals surface area (Å²) in [4.78, 5) is 23.5. The van der Waals surface area contributed by atoms with E-state index < -0.39 is 5.97 Å². The van der Waals surface area contributed by atoms with Gasteiger partial charge in [0, 0.05) is 4.90 Å². The van der Waals surface area contributed by atoms with Gasteiger partial charge in [0.05, 0.1) is 12.4 Å². The molecule has 17 heavy (non-hydrogen) atoms. The summed E-state index contributed by atoms with van der Waals surface area (Å²) in [6.07, 6.45) is 0. The van der Waals surface area contributed by atoms with Gasteiger partial charge in [-0.3, -0.25) is 9.59 Å². The highest BCUT2D eigenvalue weighted by atomic mass is 32.2. The lowest BCUT2D eigenvalue weighted by molar-refractivity contribution is -0.141. The average Bonchev–Trinajstić information content (AvgIpc) is 2.36. The first-order chi connectivity index (χ1) is 8.13. The Hall–Kier alpha value is -1.49. The fourth-order valence-electron chi connectivity index (χ4n) is 1.13. The molecule has 1 unspecified atom stereocenters. The molecule has 5 heteroatoms. The highest BCUT2D eigenvalue weighted by Gasteiger charge is 2.14. The Kier molecular flexibility index (Phi) is 5.56. The van der Waals surface area contributed by atoms with Crippen molar-refractivity contribution in [2.24, 2.45) is 0 Å². The number of hydrogen-bond donors (Lipinski definition) is 1. The zero-order chi connectivity index (χ0) is 12.7. The van der Waals surface area contributed by atoms with Gasteiger partial charge in [0.15, 0.2) is 0 Å². The highest BCUT2D eigenvalue weighted by molar-refractivity contribution is 8.00. The highest BCUT2D eigenvalue weighted by Crippen LogP contribution is 2.22. The van der Waals surface area contributed by atoms with Gasteiger partial charge < -0.3 is 10.1 Å². The van der Waals surface area contributed by atoms with Gasteiger partial charge in [0.2, 0.25) is 5.91 Å². The Bertz CT molecular complexity index is 381. The first-order valence-electron chi connectivity index (χ1n) is 5.19. The van der Waals surface area contributed by atoms with Crippen LogP contribution in [0.2, 0.25) is 0 Å². The van der Waals surface area contributed by atoms with E-state index in [1.165, 1.54) is 18.9 Å². The van der Waals surface area contributed by atoms with Crippen molar-refractivity contribution in [3.8, 4) is 0 Å². The van der Waals surface area contributed by atoms with Crippen molar-refractivity contribution in [2.75, 3.05) is 13.7 Å². The van der Waals surface area contributed by atoms with Crippen LogP contribution in [0.1, 0.15) is 6.92 Å². The molecule has 0 saturated heterocycles. The van der Waals surface area contributed by atoms with E-state index in [-0.39, 0.29) is 17.7 Å². The normalized spacial score (nSPS) is 11.6. The first-order valence-corrected chi connectivity index (χ1v) is 6.07. The maximum Gasteiger partial charge on any atom is 0.325 e. The third kappa shape index (κ3) is 4.91. The molecule has 0 aliphatic carbocycles. The lowest BCUT2D eigenvalue weighted by Gasteiger charge is -2.11. The minimum atomic E-state index is -0.449. The Labute approximate surface area is 105 Å². The Balaban J connectivity index is 2.40. The molecule has 0 aromatic heterocycles. The summed E-state index contributed by atoms with van der Waals surface area (Å²) >= 11 is 1.45. The standard InChI is InChI=1S/C12H15NO3S/c1-9(12(15)13-8-11(14)16-2)17-10-6-4-3-5-7-10/h3-7,9H,8H2,1-2H3,(H,13,15). The number of esters is 1. The van der Waals surface area contributed by atoms with Crippen molar-refractivity contribution < 1.29 is 14.3 Å². The largest absolute Gasteiger partial charge is 0.468 e. The topological polar surface area (TPSA) is 55.4 Å². The molecule has 0 heterocycles. The molecule has 0 spiro atoms. The average molecular weight is 253 g/mol. The molecule has 1 aromatic rings. The van der Waals surface area contributed by atoms with Gasteiger partial charge in [-0.05, 0) is 19.1 Å². The molecule has 0 aliphatic heterocycles. The number of rotatable bonds is 5. The first kappa shape index (κ1) is 13.6. The van der Waals surface area contributed by atoms with E-state index in [2.05, 4.69) is 10.1 Å². The van der Waals surface area contributed by atoms with E-state index in [4.69, 9.17) is 0 Å². The predicted molar refractivity (Wildman–Crippen MR) is 66.8 cm³/mol. The summed E-state index contributed by atoms with van der Waals surface area (Å²) in [5, 5.41) is 2.27. The molecule has 1 aromatic carbocycles. The molecule has 4 nitrogen and oxygen atoms in total. The fourth-order valence-corrected chi connectivity index (χ4v) is 2.04. The zero-order valence-electron chi connectivity index (χ0n) is 9.80.